The summed E-state index contributed by atoms with van der Waals surface area (Å²) in [7, 11) is 0. The number of hydrogen-bond donors (Lipinski definition) is 9. The summed E-state index contributed by atoms with van der Waals surface area (Å²) in [6.45, 7) is 2.81. The van der Waals surface area contributed by atoms with E-state index in [1.807, 2.05) is 6.08 Å². The molecule has 80 heavy (non-hydrogen) atoms. The third-order valence-corrected chi connectivity index (χ3v) is 16.3. The van der Waals surface area contributed by atoms with E-state index in [0.717, 1.165) is 44.9 Å². The van der Waals surface area contributed by atoms with Crippen LogP contribution in [0, 0.1) is 0 Å². The molecule has 0 aromatic carbocycles. The Kier molecular flexibility index (Phi) is 47.9. The lowest BCUT2D eigenvalue weighted by molar-refractivity contribution is -0.359. The Bertz CT molecular complexity index is 1480. The van der Waals surface area contributed by atoms with Crippen LogP contribution in [-0.2, 0) is 23.7 Å². The van der Waals surface area contributed by atoms with Crippen molar-refractivity contribution in [1.29, 1.82) is 0 Å². The lowest BCUT2D eigenvalue weighted by Crippen LogP contribution is -2.65. The van der Waals surface area contributed by atoms with E-state index in [1.165, 1.54) is 205 Å². The van der Waals surface area contributed by atoms with Crippen LogP contribution in [0.2, 0.25) is 0 Å². The topological polar surface area (TPSA) is 228 Å². The van der Waals surface area contributed by atoms with E-state index in [-0.39, 0.29) is 18.9 Å². The molecule has 9 N–H and O–H groups in total. The van der Waals surface area contributed by atoms with Crippen molar-refractivity contribution < 1.29 is 64.6 Å². The van der Waals surface area contributed by atoms with Crippen LogP contribution >= 0.6 is 0 Å². The van der Waals surface area contributed by atoms with Gasteiger partial charge in [0.25, 0.3) is 0 Å². The summed E-state index contributed by atoms with van der Waals surface area (Å²) in [5.74, 6) is -0.248. The maximum Gasteiger partial charge on any atom is 0.220 e. The summed E-state index contributed by atoms with van der Waals surface area (Å²) in [4.78, 5) is 13.3. The van der Waals surface area contributed by atoms with Crippen molar-refractivity contribution in [2.24, 2.45) is 0 Å². The molecule has 0 aromatic rings. The monoisotopic (exact) mass is 1140 g/mol. The minimum Gasteiger partial charge on any atom is -0.394 e. The van der Waals surface area contributed by atoms with E-state index in [0.29, 0.717) is 12.8 Å². The van der Waals surface area contributed by atoms with Crippen molar-refractivity contribution >= 4 is 5.91 Å². The quantitative estimate of drug-likeness (QED) is 0.0204. The Balaban J connectivity index is 1.73. The highest BCUT2D eigenvalue weighted by molar-refractivity contribution is 5.76. The average molecular weight is 1140 g/mol. The molecule has 0 saturated carbocycles. The van der Waals surface area contributed by atoms with Gasteiger partial charge in [0.2, 0.25) is 5.91 Å². The highest BCUT2D eigenvalue weighted by atomic mass is 16.7. The number of amides is 1. The first kappa shape index (κ1) is 74.3. The number of carbonyl (C=O) groups excluding carboxylic acids is 1. The second kappa shape index (κ2) is 51.6. The summed E-state index contributed by atoms with van der Waals surface area (Å²) in [5.41, 5.74) is 0. The molecule has 12 atom stereocenters. The Morgan fingerprint density at radius 2 is 0.800 bits per heavy atom. The first-order chi connectivity index (χ1) is 39.1. The van der Waals surface area contributed by atoms with Gasteiger partial charge in [-0.05, 0) is 44.9 Å². The van der Waals surface area contributed by atoms with Gasteiger partial charge in [0.05, 0.1) is 32.0 Å². The molecule has 0 aliphatic carbocycles. The molecule has 14 heteroatoms. The fraction of sp³-hybridized carbons (Fsp3) is 0.894. The molecular formula is C66H123NO13. The zero-order valence-electron chi connectivity index (χ0n) is 50.8. The Morgan fingerprint density at radius 1 is 0.438 bits per heavy atom. The number of nitrogens with one attached hydrogen (secondary N) is 1. The maximum atomic E-state index is 13.3. The molecule has 0 bridgehead atoms. The van der Waals surface area contributed by atoms with E-state index in [9.17, 15) is 45.6 Å². The van der Waals surface area contributed by atoms with Gasteiger partial charge in [-0.25, -0.2) is 0 Å². The number of aliphatic hydroxyl groups is 8. The molecular weight excluding hydrogens is 1010 g/mol. The molecule has 2 saturated heterocycles. The summed E-state index contributed by atoms with van der Waals surface area (Å²) in [6.07, 6.45) is 47.7. The van der Waals surface area contributed by atoms with E-state index >= 15 is 0 Å². The molecule has 0 spiro atoms. The first-order valence-corrected chi connectivity index (χ1v) is 33.2. The molecule has 2 rings (SSSR count). The van der Waals surface area contributed by atoms with Gasteiger partial charge in [0, 0.05) is 6.42 Å². The van der Waals surface area contributed by atoms with Crippen molar-refractivity contribution in [3.63, 3.8) is 0 Å². The average Bonchev–Trinajstić information content (AvgIpc) is 3.49. The van der Waals surface area contributed by atoms with Crippen LogP contribution in [0.1, 0.15) is 284 Å². The molecule has 470 valence electrons. The van der Waals surface area contributed by atoms with E-state index in [1.54, 1.807) is 6.08 Å². The zero-order chi connectivity index (χ0) is 58.1. The van der Waals surface area contributed by atoms with Crippen LogP contribution in [0.5, 0.6) is 0 Å². The van der Waals surface area contributed by atoms with Crippen molar-refractivity contribution in [3.8, 4) is 0 Å². The van der Waals surface area contributed by atoms with Crippen LogP contribution in [0.3, 0.4) is 0 Å². The minimum absolute atomic E-state index is 0.248. The molecule has 14 nitrogen and oxygen atoms in total. The fourth-order valence-electron chi connectivity index (χ4n) is 11.0. The smallest absolute Gasteiger partial charge is 0.220 e. The molecule has 2 aliphatic heterocycles. The number of ether oxygens (including phenoxy) is 4. The predicted molar refractivity (Wildman–Crippen MR) is 323 cm³/mol. The molecule has 2 heterocycles. The normalized spacial score (nSPS) is 24.4. The SMILES string of the molecule is CCCCCCCCCCCCC/C=C/CC/C=C/CC/C=C/C(O)C(COC1OC(CO)C(OC2OC(CO)C(O)C(O)C2O)C(O)C1O)NC(=O)CCCCCCCCCCCCCCCCCCCCCCCCCCC. The molecule has 1 amide bonds. The van der Waals surface area contributed by atoms with Crippen molar-refractivity contribution in [2.75, 3.05) is 19.8 Å². The van der Waals surface area contributed by atoms with Crippen molar-refractivity contribution in [1.82, 2.24) is 5.32 Å². The number of hydrogen-bond acceptors (Lipinski definition) is 13. The number of allylic oxidation sites excluding steroid dienone is 5. The molecule has 0 aromatic heterocycles. The molecule has 0 radical (unpaired) electrons. The first-order valence-electron chi connectivity index (χ1n) is 33.2. The van der Waals surface area contributed by atoms with Gasteiger partial charge in [-0.3, -0.25) is 4.79 Å². The number of carbonyl (C=O) groups is 1. The fourth-order valence-corrected chi connectivity index (χ4v) is 11.0. The summed E-state index contributed by atoms with van der Waals surface area (Å²) >= 11 is 0. The van der Waals surface area contributed by atoms with Gasteiger partial charge < -0.3 is 65.1 Å². The zero-order valence-corrected chi connectivity index (χ0v) is 50.8. The van der Waals surface area contributed by atoms with Gasteiger partial charge in [0.15, 0.2) is 12.6 Å². The van der Waals surface area contributed by atoms with Gasteiger partial charge in [-0.1, -0.05) is 269 Å². The number of unbranched alkanes of at least 4 members (excludes halogenated alkanes) is 37. The second-order valence-corrected chi connectivity index (χ2v) is 23.6. The summed E-state index contributed by atoms with van der Waals surface area (Å²) < 4.78 is 22.8. The Hall–Kier alpha value is -1.79. The Labute approximate surface area is 487 Å². The van der Waals surface area contributed by atoms with Gasteiger partial charge in [0.1, 0.15) is 48.8 Å². The van der Waals surface area contributed by atoms with Crippen LogP contribution in [0.4, 0.5) is 0 Å². The summed E-state index contributed by atoms with van der Waals surface area (Å²) in [6, 6.07) is -0.936. The number of rotatable bonds is 54. The largest absolute Gasteiger partial charge is 0.394 e. The minimum atomic E-state index is -1.79. The highest BCUT2D eigenvalue weighted by Gasteiger charge is 2.51. The summed E-state index contributed by atoms with van der Waals surface area (Å²) in [5, 5.41) is 87.3. The Morgan fingerprint density at radius 3 is 1.23 bits per heavy atom. The predicted octanol–water partition coefficient (Wildman–Crippen LogP) is 12.6. The van der Waals surface area contributed by atoms with Crippen LogP contribution in [-0.4, -0.2) is 140 Å². The lowest BCUT2D eigenvalue weighted by atomic mass is 9.97. The van der Waals surface area contributed by atoms with Crippen LogP contribution in [0.25, 0.3) is 0 Å². The second-order valence-electron chi connectivity index (χ2n) is 23.6. The van der Waals surface area contributed by atoms with E-state index in [4.69, 9.17) is 18.9 Å². The van der Waals surface area contributed by atoms with Gasteiger partial charge in [-0.2, -0.15) is 0 Å². The van der Waals surface area contributed by atoms with Gasteiger partial charge >= 0.3 is 0 Å². The standard InChI is InChI=1S/C66H123NO13/c1-3-5-7-9-11-13-15-17-19-21-23-25-26-27-28-30-32-34-36-38-40-42-44-46-48-50-58(71)67-54(55(70)49-47-45-43-41-39-37-35-33-31-29-24-22-20-18-16-14-12-10-8-6-4-2)53-77-65-63(76)61(74)64(57(52-69)79-65)80-66-62(75)60(73)59(72)56(51-68)78-66/h31,33,39,41,47,49,54-57,59-66,68-70,72-76H,3-30,32,34-38,40,42-46,48,50-53H2,1-2H3,(H,67,71)/b33-31+,41-39+,49-47+. The molecule has 2 fully saturated rings. The van der Waals surface area contributed by atoms with Crippen LogP contribution in [0.15, 0.2) is 36.5 Å². The van der Waals surface area contributed by atoms with Crippen LogP contribution < -0.4 is 5.32 Å². The van der Waals surface area contributed by atoms with E-state index < -0.39 is 86.8 Å². The van der Waals surface area contributed by atoms with Crippen molar-refractivity contribution in [3.05, 3.63) is 36.5 Å². The van der Waals surface area contributed by atoms with Crippen molar-refractivity contribution in [2.45, 2.75) is 357 Å². The van der Waals surface area contributed by atoms with Gasteiger partial charge in [-0.15, -0.1) is 0 Å². The third kappa shape index (κ3) is 36.1. The third-order valence-electron chi connectivity index (χ3n) is 16.3. The molecule has 2 aliphatic rings. The lowest BCUT2D eigenvalue weighted by Gasteiger charge is -2.46. The number of aliphatic hydroxyl groups excluding tert-OH is 8. The highest BCUT2D eigenvalue weighted by Crippen LogP contribution is 2.30. The maximum absolute atomic E-state index is 13.3. The van der Waals surface area contributed by atoms with E-state index in [2.05, 4.69) is 43.5 Å². The molecule has 12 unspecified atom stereocenters.